The molecular formula is C19H16BrF3N2. The van der Waals surface area contributed by atoms with Crippen LogP contribution in [0.4, 0.5) is 13.2 Å². The van der Waals surface area contributed by atoms with Crippen molar-refractivity contribution < 1.29 is 13.2 Å². The second-order valence-electron chi connectivity index (χ2n) is 5.99. The van der Waals surface area contributed by atoms with E-state index < -0.39 is 11.7 Å². The number of alkyl halides is 3. The number of halogens is 4. The van der Waals surface area contributed by atoms with Gasteiger partial charge in [-0.2, -0.15) is 13.2 Å². The third-order valence-electron chi connectivity index (χ3n) is 4.26. The van der Waals surface area contributed by atoms with E-state index in [0.29, 0.717) is 15.9 Å². The summed E-state index contributed by atoms with van der Waals surface area (Å²) in [5.74, 6) is 0.609. The number of hydrogen-bond donors (Lipinski definition) is 0. The molecule has 2 nitrogen and oxygen atoms in total. The van der Waals surface area contributed by atoms with Crippen molar-refractivity contribution in [1.82, 2.24) is 9.55 Å². The maximum Gasteiger partial charge on any atom is 0.416 e. The van der Waals surface area contributed by atoms with Crippen LogP contribution in [0.25, 0.3) is 22.6 Å². The number of aryl methyl sites for hydroxylation is 2. The average Bonchev–Trinajstić information content (AvgIpc) is 2.88. The number of hydrogen-bond acceptors (Lipinski definition) is 1. The Hall–Kier alpha value is -2.08. The summed E-state index contributed by atoms with van der Waals surface area (Å²) >= 11 is 3.25. The van der Waals surface area contributed by atoms with E-state index in [9.17, 15) is 13.2 Å². The van der Waals surface area contributed by atoms with Gasteiger partial charge in [0.25, 0.3) is 0 Å². The highest BCUT2D eigenvalue weighted by molar-refractivity contribution is 9.10. The lowest BCUT2D eigenvalue weighted by Crippen LogP contribution is -2.05. The lowest BCUT2D eigenvalue weighted by molar-refractivity contribution is -0.137. The molecule has 1 heterocycles. The second kappa shape index (κ2) is 6.33. The molecule has 25 heavy (non-hydrogen) atoms. The molecule has 0 radical (unpaired) electrons. The number of aromatic nitrogens is 2. The van der Waals surface area contributed by atoms with Crippen LogP contribution in [-0.2, 0) is 13.2 Å². The van der Waals surface area contributed by atoms with Gasteiger partial charge in [-0.1, -0.05) is 34.1 Å². The molecule has 0 saturated carbocycles. The van der Waals surface area contributed by atoms with Gasteiger partial charge >= 0.3 is 6.18 Å². The molecule has 0 bridgehead atoms. The topological polar surface area (TPSA) is 17.8 Å². The van der Waals surface area contributed by atoms with Crippen LogP contribution in [0, 0.1) is 13.8 Å². The Balaban J connectivity index is 2.11. The van der Waals surface area contributed by atoms with Crippen molar-refractivity contribution in [3.63, 3.8) is 0 Å². The Morgan fingerprint density at radius 1 is 1.04 bits per heavy atom. The summed E-state index contributed by atoms with van der Waals surface area (Å²) in [4.78, 5) is 4.45. The van der Waals surface area contributed by atoms with Crippen LogP contribution in [0.5, 0.6) is 0 Å². The molecule has 1 aromatic heterocycles. The molecule has 130 valence electrons. The molecule has 0 saturated heterocycles. The van der Waals surface area contributed by atoms with E-state index in [2.05, 4.69) is 20.9 Å². The zero-order valence-electron chi connectivity index (χ0n) is 13.9. The van der Waals surface area contributed by atoms with Gasteiger partial charge in [0, 0.05) is 22.6 Å². The number of rotatable bonds is 2. The van der Waals surface area contributed by atoms with Gasteiger partial charge in [0.15, 0.2) is 0 Å². The molecule has 0 unspecified atom stereocenters. The minimum absolute atomic E-state index is 0.365. The van der Waals surface area contributed by atoms with Crippen molar-refractivity contribution >= 4 is 15.9 Å². The SMILES string of the molecule is Cc1cccc(C)c1-c1cnc(-c2ccc(C(F)(F)F)cc2Br)n1C. The van der Waals surface area contributed by atoms with Gasteiger partial charge in [-0.3, -0.25) is 0 Å². The third-order valence-corrected chi connectivity index (χ3v) is 4.92. The lowest BCUT2D eigenvalue weighted by atomic mass is 10.0. The lowest BCUT2D eigenvalue weighted by Gasteiger charge is -2.13. The Morgan fingerprint density at radius 3 is 2.24 bits per heavy atom. The standard InChI is InChI=1S/C19H16BrF3N2/c1-11-5-4-6-12(2)17(11)16-10-24-18(25(16)3)14-8-7-13(9-15(14)20)19(21,22)23/h4-10H,1-3H3. The van der Waals surface area contributed by atoms with Gasteiger partial charge in [0.1, 0.15) is 5.82 Å². The van der Waals surface area contributed by atoms with Crippen molar-refractivity contribution in [3.05, 3.63) is 63.8 Å². The first kappa shape index (κ1) is 17.7. The van der Waals surface area contributed by atoms with Gasteiger partial charge in [-0.25, -0.2) is 4.98 Å². The first-order valence-corrected chi connectivity index (χ1v) is 8.45. The van der Waals surface area contributed by atoms with Crippen LogP contribution < -0.4 is 0 Å². The summed E-state index contributed by atoms with van der Waals surface area (Å²) in [6, 6.07) is 9.67. The smallest absolute Gasteiger partial charge is 0.327 e. The molecule has 0 atom stereocenters. The van der Waals surface area contributed by atoms with Crippen LogP contribution in [0.2, 0.25) is 0 Å². The van der Waals surface area contributed by atoms with E-state index in [1.165, 1.54) is 6.07 Å². The Labute approximate surface area is 152 Å². The summed E-state index contributed by atoms with van der Waals surface area (Å²) in [6.07, 6.45) is -2.61. The highest BCUT2D eigenvalue weighted by Gasteiger charge is 2.31. The summed E-state index contributed by atoms with van der Waals surface area (Å²) in [7, 11) is 1.87. The summed E-state index contributed by atoms with van der Waals surface area (Å²) in [5, 5.41) is 0. The predicted octanol–water partition coefficient (Wildman–Crippen LogP) is 6.15. The van der Waals surface area contributed by atoms with E-state index in [4.69, 9.17) is 0 Å². The van der Waals surface area contributed by atoms with Gasteiger partial charge in [-0.05, 0) is 43.2 Å². The average molecular weight is 409 g/mol. The van der Waals surface area contributed by atoms with Crippen molar-refractivity contribution in [1.29, 1.82) is 0 Å². The zero-order valence-corrected chi connectivity index (χ0v) is 15.5. The van der Waals surface area contributed by atoms with Crippen LogP contribution in [0.15, 0.2) is 47.1 Å². The van der Waals surface area contributed by atoms with E-state index >= 15 is 0 Å². The number of benzene rings is 2. The molecular weight excluding hydrogens is 393 g/mol. The molecule has 0 aliphatic carbocycles. The summed E-state index contributed by atoms with van der Waals surface area (Å²) in [5.41, 5.74) is 4.20. The zero-order chi connectivity index (χ0) is 18.4. The number of nitrogens with zero attached hydrogens (tertiary/aromatic N) is 2. The molecule has 3 rings (SSSR count). The van der Waals surface area contributed by atoms with E-state index in [1.807, 2.05) is 43.7 Å². The first-order valence-electron chi connectivity index (χ1n) is 7.65. The normalized spacial score (nSPS) is 11.8. The third kappa shape index (κ3) is 3.23. The summed E-state index contributed by atoms with van der Waals surface area (Å²) < 4.78 is 40.8. The van der Waals surface area contributed by atoms with Crippen molar-refractivity contribution in [2.24, 2.45) is 7.05 Å². The first-order chi connectivity index (χ1) is 11.7. The van der Waals surface area contributed by atoms with Crippen molar-refractivity contribution in [2.45, 2.75) is 20.0 Å². The molecule has 2 aromatic carbocycles. The van der Waals surface area contributed by atoms with Gasteiger partial charge < -0.3 is 4.57 Å². The van der Waals surface area contributed by atoms with Crippen molar-refractivity contribution in [2.75, 3.05) is 0 Å². The molecule has 0 aliphatic rings. The predicted molar refractivity (Wildman–Crippen MR) is 96.3 cm³/mol. The molecule has 0 spiro atoms. The fraction of sp³-hybridized carbons (Fsp3) is 0.211. The van der Waals surface area contributed by atoms with E-state index in [1.54, 1.807) is 6.20 Å². The quantitative estimate of drug-likeness (QED) is 0.496. The van der Waals surface area contributed by atoms with Crippen LogP contribution in [0.1, 0.15) is 16.7 Å². The second-order valence-corrected chi connectivity index (χ2v) is 6.84. The highest BCUT2D eigenvalue weighted by atomic mass is 79.9. The molecule has 0 fully saturated rings. The fourth-order valence-electron chi connectivity index (χ4n) is 2.98. The van der Waals surface area contributed by atoms with Crippen LogP contribution in [0.3, 0.4) is 0 Å². The van der Waals surface area contributed by atoms with Crippen LogP contribution in [-0.4, -0.2) is 9.55 Å². The Bertz CT molecular complexity index is 922. The van der Waals surface area contributed by atoms with Gasteiger partial charge in [-0.15, -0.1) is 0 Å². The molecule has 0 amide bonds. The highest BCUT2D eigenvalue weighted by Crippen LogP contribution is 2.37. The number of imidazole rings is 1. The molecule has 0 aliphatic heterocycles. The minimum Gasteiger partial charge on any atom is -0.327 e. The maximum atomic E-state index is 12.9. The fourth-order valence-corrected chi connectivity index (χ4v) is 3.54. The molecule has 3 aromatic rings. The monoisotopic (exact) mass is 408 g/mol. The maximum absolute atomic E-state index is 12.9. The van der Waals surface area contributed by atoms with E-state index in [0.717, 1.165) is 34.5 Å². The van der Waals surface area contributed by atoms with Crippen molar-refractivity contribution in [3.8, 4) is 22.6 Å². The Morgan fingerprint density at radius 2 is 1.68 bits per heavy atom. The minimum atomic E-state index is -4.37. The summed E-state index contributed by atoms with van der Waals surface area (Å²) in [6.45, 7) is 4.06. The van der Waals surface area contributed by atoms with Crippen LogP contribution >= 0.6 is 15.9 Å². The largest absolute Gasteiger partial charge is 0.416 e. The molecule has 6 heteroatoms. The Kier molecular flexibility index (Phi) is 4.49. The molecule has 0 N–H and O–H groups in total. The van der Waals surface area contributed by atoms with E-state index in [-0.39, 0.29) is 0 Å². The van der Waals surface area contributed by atoms with Gasteiger partial charge in [0.05, 0.1) is 17.5 Å². The van der Waals surface area contributed by atoms with Gasteiger partial charge in [0.2, 0.25) is 0 Å².